The van der Waals surface area contributed by atoms with Crippen molar-refractivity contribution >= 4 is 27.5 Å². The van der Waals surface area contributed by atoms with Gasteiger partial charge in [-0.2, -0.15) is 0 Å². The molecule has 3 nitrogen and oxygen atoms in total. The van der Waals surface area contributed by atoms with E-state index in [1.165, 1.54) is 24.8 Å². The molecule has 0 saturated heterocycles. The summed E-state index contributed by atoms with van der Waals surface area (Å²) in [4.78, 5) is 11.9. The maximum absolute atomic E-state index is 11.9. The molecule has 0 aromatic heterocycles. The van der Waals surface area contributed by atoms with Gasteiger partial charge in [-0.05, 0) is 53.4 Å². The molecule has 2 N–H and O–H groups in total. The minimum absolute atomic E-state index is 0.0836. The summed E-state index contributed by atoms with van der Waals surface area (Å²) in [6.07, 6.45) is 6.03. The van der Waals surface area contributed by atoms with Crippen molar-refractivity contribution in [2.75, 3.05) is 11.9 Å². The molecule has 1 aliphatic carbocycles. The van der Waals surface area contributed by atoms with E-state index < -0.39 is 0 Å². The minimum Gasteiger partial charge on any atom is -0.375 e. The van der Waals surface area contributed by atoms with Crippen LogP contribution in [-0.4, -0.2) is 18.5 Å². The average Bonchev–Trinajstić information content (AvgIpc) is 2.41. The number of amides is 1. The lowest BCUT2D eigenvalue weighted by atomic mass is 9.95. The summed E-state index contributed by atoms with van der Waals surface area (Å²) in [5.74, 6) is 0.0836. The van der Waals surface area contributed by atoms with Crippen LogP contribution in [0.3, 0.4) is 0 Å². The number of nitrogens with one attached hydrogen (secondary N) is 2. The highest BCUT2D eigenvalue weighted by Crippen LogP contribution is 2.23. The van der Waals surface area contributed by atoms with Crippen LogP contribution in [0.4, 0.5) is 5.69 Å². The van der Waals surface area contributed by atoms with Crippen LogP contribution in [0.1, 0.15) is 37.7 Å². The molecule has 0 aliphatic heterocycles. The molecule has 2 rings (SSSR count). The zero-order chi connectivity index (χ0) is 13.7. The fraction of sp³-hybridized carbons (Fsp3) is 0.533. The number of halogens is 1. The van der Waals surface area contributed by atoms with Crippen LogP contribution in [0.2, 0.25) is 0 Å². The van der Waals surface area contributed by atoms with Crippen molar-refractivity contribution in [1.29, 1.82) is 0 Å². The molecule has 0 bridgehead atoms. The van der Waals surface area contributed by atoms with Gasteiger partial charge in [0, 0.05) is 16.2 Å². The number of hydrogen-bond donors (Lipinski definition) is 2. The number of carbonyl (C=O) groups excluding carboxylic acids is 1. The Balaban J connectivity index is 1.81. The normalized spacial score (nSPS) is 16.1. The zero-order valence-corrected chi connectivity index (χ0v) is 12.9. The Kier molecular flexibility index (Phi) is 5.25. The van der Waals surface area contributed by atoms with Gasteiger partial charge in [-0.3, -0.25) is 4.79 Å². The number of hydrogen-bond acceptors (Lipinski definition) is 2. The smallest absolute Gasteiger partial charge is 0.239 e. The molecule has 1 aromatic carbocycles. The first-order chi connectivity index (χ1) is 9.15. The van der Waals surface area contributed by atoms with Gasteiger partial charge in [-0.15, -0.1) is 0 Å². The Morgan fingerprint density at radius 2 is 2.05 bits per heavy atom. The topological polar surface area (TPSA) is 41.1 Å². The van der Waals surface area contributed by atoms with Crippen LogP contribution in [0.15, 0.2) is 22.7 Å². The minimum atomic E-state index is 0.0836. The SMILES string of the molecule is Cc1ccc(Br)c(NCC(=O)NC2CCCCC2)c1. The third-order valence-electron chi connectivity index (χ3n) is 3.53. The van der Waals surface area contributed by atoms with Crippen molar-refractivity contribution in [1.82, 2.24) is 5.32 Å². The number of rotatable bonds is 4. The quantitative estimate of drug-likeness (QED) is 0.888. The van der Waals surface area contributed by atoms with E-state index in [2.05, 4.69) is 26.6 Å². The highest BCUT2D eigenvalue weighted by atomic mass is 79.9. The Morgan fingerprint density at radius 3 is 2.79 bits per heavy atom. The molecule has 4 heteroatoms. The van der Waals surface area contributed by atoms with E-state index in [1.54, 1.807) is 0 Å². The molecular formula is C15H21BrN2O. The van der Waals surface area contributed by atoms with Crippen LogP contribution < -0.4 is 10.6 Å². The standard InChI is InChI=1S/C15H21BrN2O/c1-11-7-8-13(16)14(9-11)17-10-15(19)18-12-5-3-2-4-6-12/h7-9,12,17H,2-6,10H2,1H3,(H,18,19). The molecule has 104 valence electrons. The number of benzene rings is 1. The predicted molar refractivity (Wildman–Crippen MR) is 82.4 cm³/mol. The van der Waals surface area contributed by atoms with E-state index >= 15 is 0 Å². The Bertz CT molecular complexity index is 442. The average molecular weight is 325 g/mol. The molecule has 0 heterocycles. The lowest BCUT2D eigenvalue weighted by Gasteiger charge is -2.23. The van der Waals surface area contributed by atoms with E-state index in [1.807, 2.05) is 25.1 Å². The molecule has 0 atom stereocenters. The van der Waals surface area contributed by atoms with Crippen molar-refractivity contribution in [2.24, 2.45) is 0 Å². The van der Waals surface area contributed by atoms with E-state index in [9.17, 15) is 4.79 Å². The first-order valence-electron chi connectivity index (χ1n) is 6.94. The van der Waals surface area contributed by atoms with Crippen molar-refractivity contribution in [3.8, 4) is 0 Å². The monoisotopic (exact) mass is 324 g/mol. The van der Waals surface area contributed by atoms with Crippen molar-refractivity contribution in [3.63, 3.8) is 0 Å². The number of carbonyl (C=O) groups is 1. The maximum Gasteiger partial charge on any atom is 0.239 e. The van der Waals surface area contributed by atoms with Gasteiger partial charge in [-0.25, -0.2) is 0 Å². The second kappa shape index (κ2) is 6.94. The lowest BCUT2D eigenvalue weighted by Crippen LogP contribution is -2.39. The summed E-state index contributed by atoms with van der Waals surface area (Å²) in [7, 11) is 0. The highest BCUT2D eigenvalue weighted by Gasteiger charge is 2.15. The van der Waals surface area contributed by atoms with Gasteiger partial charge in [0.2, 0.25) is 5.91 Å². The first-order valence-corrected chi connectivity index (χ1v) is 7.74. The van der Waals surface area contributed by atoms with Gasteiger partial charge in [0.05, 0.1) is 6.54 Å². The van der Waals surface area contributed by atoms with Crippen LogP contribution >= 0.6 is 15.9 Å². The third-order valence-corrected chi connectivity index (χ3v) is 4.22. The van der Waals surface area contributed by atoms with E-state index in [-0.39, 0.29) is 5.91 Å². The molecule has 1 aromatic rings. The number of aryl methyl sites for hydroxylation is 1. The molecule has 1 aliphatic rings. The highest BCUT2D eigenvalue weighted by molar-refractivity contribution is 9.10. The van der Waals surface area contributed by atoms with Crippen LogP contribution in [0.25, 0.3) is 0 Å². The third kappa shape index (κ3) is 4.53. The fourth-order valence-electron chi connectivity index (χ4n) is 2.48. The molecule has 0 spiro atoms. The molecule has 1 saturated carbocycles. The zero-order valence-electron chi connectivity index (χ0n) is 11.3. The summed E-state index contributed by atoms with van der Waals surface area (Å²) < 4.78 is 0.989. The van der Waals surface area contributed by atoms with Gasteiger partial charge in [0.25, 0.3) is 0 Å². The van der Waals surface area contributed by atoms with Crippen molar-refractivity contribution in [2.45, 2.75) is 45.1 Å². The van der Waals surface area contributed by atoms with Crippen LogP contribution in [0.5, 0.6) is 0 Å². The molecule has 19 heavy (non-hydrogen) atoms. The predicted octanol–water partition coefficient (Wildman–Crippen LogP) is 3.62. The molecule has 0 unspecified atom stereocenters. The Morgan fingerprint density at radius 1 is 1.32 bits per heavy atom. The molecule has 1 amide bonds. The maximum atomic E-state index is 11.9. The van der Waals surface area contributed by atoms with Gasteiger partial charge >= 0.3 is 0 Å². The van der Waals surface area contributed by atoms with Gasteiger partial charge in [0.1, 0.15) is 0 Å². The summed E-state index contributed by atoms with van der Waals surface area (Å²) in [5.41, 5.74) is 2.15. The molecule has 1 fully saturated rings. The first kappa shape index (κ1) is 14.4. The molecule has 0 radical (unpaired) electrons. The second-order valence-corrected chi connectivity index (χ2v) is 6.09. The second-order valence-electron chi connectivity index (χ2n) is 5.24. The van der Waals surface area contributed by atoms with E-state index in [0.29, 0.717) is 12.6 Å². The Hall–Kier alpha value is -1.03. The van der Waals surface area contributed by atoms with E-state index in [0.717, 1.165) is 23.0 Å². The van der Waals surface area contributed by atoms with Gasteiger partial charge in [0.15, 0.2) is 0 Å². The largest absolute Gasteiger partial charge is 0.375 e. The lowest BCUT2D eigenvalue weighted by molar-refractivity contribution is -0.120. The summed E-state index contributed by atoms with van der Waals surface area (Å²) in [5, 5.41) is 6.29. The summed E-state index contributed by atoms with van der Waals surface area (Å²) in [6.45, 7) is 2.37. The van der Waals surface area contributed by atoms with Gasteiger partial charge in [-0.1, -0.05) is 25.3 Å². The fourth-order valence-corrected chi connectivity index (χ4v) is 2.86. The Labute approximate surface area is 123 Å². The van der Waals surface area contributed by atoms with Crippen LogP contribution in [-0.2, 0) is 4.79 Å². The summed E-state index contributed by atoms with van der Waals surface area (Å²) >= 11 is 3.48. The molecular weight excluding hydrogens is 304 g/mol. The van der Waals surface area contributed by atoms with Crippen molar-refractivity contribution < 1.29 is 4.79 Å². The number of anilines is 1. The van der Waals surface area contributed by atoms with Crippen molar-refractivity contribution in [3.05, 3.63) is 28.2 Å². The summed E-state index contributed by atoms with van der Waals surface area (Å²) in [6, 6.07) is 6.45. The van der Waals surface area contributed by atoms with Gasteiger partial charge < -0.3 is 10.6 Å². The van der Waals surface area contributed by atoms with Crippen LogP contribution in [0, 0.1) is 6.92 Å². The van der Waals surface area contributed by atoms with E-state index in [4.69, 9.17) is 0 Å².